The van der Waals surface area contributed by atoms with E-state index < -0.39 is 6.04 Å². The Morgan fingerprint density at radius 2 is 1.85 bits per heavy atom. The zero-order valence-corrected chi connectivity index (χ0v) is 21.8. The van der Waals surface area contributed by atoms with E-state index in [1.165, 1.54) is 0 Å². The molecule has 0 aliphatic heterocycles. The molecular formula is C26H35ClN2O3S. The molecule has 0 saturated carbocycles. The first-order chi connectivity index (χ1) is 15.6. The van der Waals surface area contributed by atoms with Crippen LogP contribution in [0.25, 0.3) is 0 Å². The molecule has 2 rings (SSSR count). The predicted octanol–water partition coefficient (Wildman–Crippen LogP) is 5.94. The van der Waals surface area contributed by atoms with Crippen molar-refractivity contribution in [2.45, 2.75) is 70.0 Å². The van der Waals surface area contributed by atoms with Crippen molar-refractivity contribution < 1.29 is 14.3 Å². The largest absolute Gasteiger partial charge is 0.497 e. The Labute approximate surface area is 207 Å². The summed E-state index contributed by atoms with van der Waals surface area (Å²) in [4.78, 5) is 29.2. The number of nitrogens with one attached hydrogen (secondary N) is 1. The van der Waals surface area contributed by atoms with Gasteiger partial charge in [0.15, 0.2) is 0 Å². The highest BCUT2D eigenvalue weighted by atomic mass is 35.5. The molecule has 5 nitrogen and oxygen atoms in total. The quantitative estimate of drug-likeness (QED) is 0.312. The van der Waals surface area contributed by atoms with Gasteiger partial charge >= 0.3 is 0 Å². The summed E-state index contributed by atoms with van der Waals surface area (Å²) in [5.41, 5.74) is 0.560. The van der Waals surface area contributed by atoms with E-state index in [9.17, 15) is 9.59 Å². The van der Waals surface area contributed by atoms with E-state index in [-0.39, 0.29) is 17.4 Å². The van der Waals surface area contributed by atoms with Gasteiger partial charge in [-0.15, -0.1) is 11.8 Å². The molecule has 2 amide bonds. The number of amides is 2. The number of ether oxygens (including phenoxy) is 1. The molecule has 0 heterocycles. The number of thioether (sulfide) groups is 1. The van der Waals surface area contributed by atoms with Gasteiger partial charge in [0.25, 0.3) is 0 Å². The van der Waals surface area contributed by atoms with Gasteiger partial charge < -0.3 is 15.0 Å². The Kier molecular flexibility index (Phi) is 10.6. The van der Waals surface area contributed by atoms with Gasteiger partial charge in [-0.2, -0.15) is 0 Å². The molecule has 0 fully saturated rings. The number of rotatable bonds is 11. The van der Waals surface area contributed by atoms with E-state index >= 15 is 0 Å². The average molecular weight is 491 g/mol. The molecule has 0 unspecified atom stereocenters. The van der Waals surface area contributed by atoms with Gasteiger partial charge in [0.05, 0.1) is 7.11 Å². The Balaban J connectivity index is 2.10. The molecule has 0 bridgehead atoms. The first kappa shape index (κ1) is 27.1. The SMILES string of the molecule is CC[C@@H](C(=O)NC(C)(C)C)N(Cc1cccc(OC)c1)C(=O)CCCSc1ccc(Cl)cc1. The smallest absolute Gasteiger partial charge is 0.243 e. The van der Waals surface area contributed by atoms with E-state index in [1.54, 1.807) is 23.8 Å². The number of hydrogen-bond acceptors (Lipinski definition) is 4. The Morgan fingerprint density at radius 3 is 2.45 bits per heavy atom. The number of hydrogen-bond donors (Lipinski definition) is 1. The van der Waals surface area contributed by atoms with Gasteiger partial charge in [-0.1, -0.05) is 30.7 Å². The second kappa shape index (κ2) is 12.9. The van der Waals surface area contributed by atoms with Gasteiger partial charge in [-0.25, -0.2) is 0 Å². The van der Waals surface area contributed by atoms with Crippen LogP contribution < -0.4 is 10.1 Å². The van der Waals surface area contributed by atoms with E-state index in [0.29, 0.717) is 24.4 Å². The lowest BCUT2D eigenvalue weighted by Crippen LogP contribution is -2.53. The molecule has 2 aromatic carbocycles. The van der Waals surface area contributed by atoms with Crippen LogP contribution in [0.5, 0.6) is 5.75 Å². The van der Waals surface area contributed by atoms with Gasteiger partial charge in [0, 0.05) is 28.4 Å². The predicted molar refractivity (Wildman–Crippen MR) is 137 cm³/mol. The summed E-state index contributed by atoms with van der Waals surface area (Å²) in [5.74, 6) is 1.39. The zero-order valence-electron chi connectivity index (χ0n) is 20.2. The fourth-order valence-electron chi connectivity index (χ4n) is 3.43. The van der Waals surface area contributed by atoms with Crippen molar-refractivity contribution in [3.8, 4) is 5.75 Å². The lowest BCUT2D eigenvalue weighted by atomic mass is 10.0. The van der Waals surface area contributed by atoms with Crippen LogP contribution in [-0.4, -0.2) is 41.2 Å². The molecule has 0 saturated heterocycles. The van der Waals surface area contributed by atoms with E-state index in [2.05, 4.69) is 5.32 Å². The van der Waals surface area contributed by atoms with E-state index in [4.69, 9.17) is 16.3 Å². The minimum Gasteiger partial charge on any atom is -0.497 e. The maximum Gasteiger partial charge on any atom is 0.243 e. The summed E-state index contributed by atoms with van der Waals surface area (Å²) in [5, 5.41) is 3.74. The number of carbonyl (C=O) groups is 2. The highest BCUT2D eigenvalue weighted by Crippen LogP contribution is 2.23. The summed E-state index contributed by atoms with van der Waals surface area (Å²) in [6.07, 6.45) is 1.64. The first-order valence-electron chi connectivity index (χ1n) is 11.3. The molecule has 1 atom stereocenters. The topological polar surface area (TPSA) is 58.6 Å². The number of nitrogens with zero attached hydrogens (tertiary/aromatic N) is 1. The lowest BCUT2D eigenvalue weighted by molar-refractivity contribution is -0.142. The van der Waals surface area contributed by atoms with Crippen molar-refractivity contribution in [3.63, 3.8) is 0 Å². The minimum atomic E-state index is -0.535. The molecule has 1 N–H and O–H groups in total. The second-order valence-electron chi connectivity index (χ2n) is 8.94. The molecule has 0 spiro atoms. The monoisotopic (exact) mass is 490 g/mol. The average Bonchev–Trinajstić information content (AvgIpc) is 2.76. The third kappa shape index (κ3) is 9.30. The van der Waals surface area contributed by atoms with Crippen LogP contribution in [0.1, 0.15) is 52.5 Å². The third-order valence-electron chi connectivity index (χ3n) is 4.99. The van der Waals surface area contributed by atoms with Crippen molar-refractivity contribution in [3.05, 3.63) is 59.1 Å². The summed E-state index contributed by atoms with van der Waals surface area (Å²) >= 11 is 7.64. The van der Waals surface area contributed by atoms with Crippen molar-refractivity contribution in [2.24, 2.45) is 0 Å². The second-order valence-corrected chi connectivity index (χ2v) is 10.5. The van der Waals surface area contributed by atoms with Crippen LogP contribution in [-0.2, 0) is 16.1 Å². The van der Waals surface area contributed by atoms with Crippen LogP contribution in [0, 0.1) is 0 Å². The Morgan fingerprint density at radius 1 is 1.15 bits per heavy atom. The van der Waals surface area contributed by atoms with Crippen LogP contribution in [0.3, 0.4) is 0 Å². The number of methoxy groups -OCH3 is 1. The molecule has 33 heavy (non-hydrogen) atoms. The molecule has 0 aromatic heterocycles. The number of carbonyl (C=O) groups excluding carboxylic acids is 2. The fourth-order valence-corrected chi connectivity index (χ4v) is 4.41. The van der Waals surface area contributed by atoms with Gasteiger partial charge in [-0.3, -0.25) is 9.59 Å². The van der Waals surface area contributed by atoms with Gasteiger partial charge in [-0.05, 0) is 81.3 Å². The van der Waals surface area contributed by atoms with E-state index in [1.807, 2.05) is 76.2 Å². The molecule has 0 radical (unpaired) electrons. The molecule has 180 valence electrons. The summed E-state index contributed by atoms with van der Waals surface area (Å²) < 4.78 is 5.33. The van der Waals surface area contributed by atoms with Crippen LogP contribution in [0.15, 0.2) is 53.4 Å². The van der Waals surface area contributed by atoms with Crippen LogP contribution in [0.4, 0.5) is 0 Å². The zero-order chi connectivity index (χ0) is 24.4. The maximum atomic E-state index is 13.3. The Hall–Kier alpha value is -2.18. The van der Waals surface area contributed by atoms with Crippen molar-refractivity contribution in [2.75, 3.05) is 12.9 Å². The van der Waals surface area contributed by atoms with Gasteiger partial charge in [0.2, 0.25) is 11.8 Å². The maximum absolute atomic E-state index is 13.3. The molecule has 0 aliphatic rings. The summed E-state index contributed by atoms with van der Waals surface area (Å²) in [6.45, 7) is 8.13. The van der Waals surface area contributed by atoms with Crippen molar-refractivity contribution in [1.29, 1.82) is 0 Å². The van der Waals surface area contributed by atoms with Crippen molar-refractivity contribution >= 4 is 35.2 Å². The Bertz CT molecular complexity index is 912. The first-order valence-corrected chi connectivity index (χ1v) is 12.6. The summed E-state index contributed by atoms with van der Waals surface area (Å²) in [6, 6.07) is 14.8. The highest BCUT2D eigenvalue weighted by molar-refractivity contribution is 7.99. The molecule has 2 aromatic rings. The number of benzene rings is 2. The van der Waals surface area contributed by atoms with Crippen LogP contribution in [0.2, 0.25) is 5.02 Å². The fraction of sp³-hybridized carbons (Fsp3) is 0.462. The summed E-state index contributed by atoms with van der Waals surface area (Å²) in [7, 11) is 1.62. The minimum absolute atomic E-state index is 0.0227. The lowest BCUT2D eigenvalue weighted by Gasteiger charge is -2.33. The third-order valence-corrected chi connectivity index (χ3v) is 6.34. The molecule has 7 heteroatoms. The van der Waals surface area contributed by atoms with Gasteiger partial charge in [0.1, 0.15) is 11.8 Å². The normalized spacial score (nSPS) is 12.2. The van der Waals surface area contributed by atoms with E-state index in [0.717, 1.165) is 28.4 Å². The highest BCUT2D eigenvalue weighted by Gasteiger charge is 2.30. The number of halogens is 1. The van der Waals surface area contributed by atoms with Crippen LogP contribution >= 0.6 is 23.4 Å². The standard InChI is InChI=1S/C26H35ClN2O3S/c1-6-23(25(31)28-26(2,3)4)29(18-19-9-7-10-21(17-19)32-5)24(30)11-8-16-33-22-14-12-20(27)13-15-22/h7,9-10,12-15,17,23H,6,8,11,16,18H2,1-5H3,(H,28,31)/t23-/m0/s1. The molecular weight excluding hydrogens is 456 g/mol. The van der Waals surface area contributed by atoms with Crippen molar-refractivity contribution in [1.82, 2.24) is 10.2 Å². The molecule has 0 aliphatic carbocycles.